The van der Waals surface area contributed by atoms with Crippen molar-refractivity contribution >= 4 is 5.91 Å². The molecule has 0 aliphatic carbocycles. The first-order valence-electron chi connectivity index (χ1n) is 8.99. The lowest BCUT2D eigenvalue weighted by atomic mass is 9.93. The third-order valence-corrected chi connectivity index (χ3v) is 4.54. The van der Waals surface area contributed by atoms with Crippen molar-refractivity contribution < 1.29 is 14.3 Å². The number of carbonyl (C=O) groups is 1. The van der Waals surface area contributed by atoms with E-state index in [4.69, 9.17) is 9.47 Å². The number of hydrogen-bond donors (Lipinski definition) is 1. The fraction of sp³-hybridized carbons (Fsp3) is 0.409. The van der Waals surface area contributed by atoms with Gasteiger partial charge in [-0.2, -0.15) is 0 Å². The third-order valence-electron chi connectivity index (χ3n) is 4.54. The summed E-state index contributed by atoms with van der Waals surface area (Å²) in [6.07, 6.45) is 0. The molecule has 2 rings (SSSR count). The molecule has 0 saturated heterocycles. The SMILES string of the molecule is COc1cc(C)c(C(C)NC(=O)COc2ccccc2C)cc1C(C)C. The van der Waals surface area contributed by atoms with Crippen LogP contribution in [0.25, 0.3) is 0 Å². The predicted octanol–water partition coefficient (Wildman–Crippen LogP) is 4.69. The molecule has 0 aliphatic rings. The third kappa shape index (κ3) is 4.78. The average molecular weight is 355 g/mol. The van der Waals surface area contributed by atoms with Crippen LogP contribution in [0.15, 0.2) is 36.4 Å². The summed E-state index contributed by atoms with van der Waals surface area (Å²) in [4.78, 5) is 12.3. The summed E-state index contributed by atoms with van der Waals surface area (Å²) >= 11 is 0. The van der Waals surface area contributed by atoms with Crippen molar-refractivity contribution in [1.29, 1.82) is 0 Å². The lowest BCUT2D eigenvalue weighted by Gasteiger charge is -2.21. The second-order valence-corrected chi connectivity index (χ2v) is 6.95. The zero-order valence-corrected chi connectivity index (χ0v) is 16.6. The second-order valence-electron chi connectivity index (χ2n) is 6.95. The summed E-state index contributed by atoms with van der Waals surface area (Å²) in [7, 11) is 1.69. The van der Waals surface area contributed by atoms with Gasteiger partial charge in [0.15, 0.2) is 6.61 Å². The topological polar surface area (TPSA) is 47.6 Å². The van der Waals surface area contributed by atoms with Crippen molar-refractivity contribution in [3.05, 3.63) is 58.7 Å². The molecule has 0 aliphatic heterocycles. The van der Waals surface area contributed by atoms with Crippen LogP contribution in [0.2, 0.25) is 0 Å². The molecule has 0 fully saturated rings. The Bertz CT molecular complexity index is 768. The van der Waals surface area contributed by atoms with Gasteiger partial charge in [0.25, 0.3) is 5.91 Å². The van der Waals surface area contributed by atoms with Crippen LogP contribution in [0.1, 0.15) is 55.0 Å². The van der Waals surface area contributed by atoms with E-state index in [1.165, 1.54) is 0 Å². The Hall–Kier alpha value is -2.49. The van der Waals surface area contributed by atoms with Gasteiger partial charge in [0, 0.05) is 0 Å². The van der Waals surface area contributed by atoms with Crippen molar-refractivity contribution in [3.63, 3.8) is 0 Å². The number of benzene rings is 2. The van der Waals surface area contributed by atoms with Gasteiger partial charge in [-0.25, -0.2) is 0 Å². The van der Waals surface area contributed by atoms with E-state index in [0.717, 1.165) is 33.8 Å². The minimum Gasteiger partial charge on any atom is -0.496 e. The number of para-hydroxylation sites is 1. The summed E-state index contributed by atoms with van der Waals surface area (Å²) in [5, 5.41) is 3.03. The van der Waals surface area contributed by atoms with Crippen LogP contribution in [0.5, 0.6) is 11.5 Å². The van der Waals surface area contributed by atoms with Gasteiger partial charge in [-0.15, -0.1) is 0 Å². The quantitative estimate of drug-likeness (QED) is 0.784. The molecule has 140 valence electrons. The first-order chi connectivity index (χ1) is 12.3. The lowest BCUT2D eigenvalue weighted by molar-refractivity contribution is -0.123. The largest absolute Gasteiger partial charge is 0.496 e. The average Bonchev–Trinajstić information content (AvgIpc) is 2.60. The Balaban J connectivity index is 2.07. The van der Waals surface area contributed by atoms with Crippen LogP contribution < -0.4 is 14.8 Å². The number of ether oxygens (including phenoxy) is 2. The Labute approximate surface area is 156 Å². The van der Waals surface area contributed by atoms with Crippen LogP contribution >= 0.6 is 0 Å². The monoisotopic (exact) mass is 355 g/mol. The van der Waals surface area contributed by atoms with Crippen molar-refractivity contribution in [3.8, 4) is 11.5 Å². The van der Waals surface area contributed by atoms with Gasteiger partial charge in [0.1, 0.15) is 11.5 Å². The van der Waals surface area contributed by atoms with Crippen LogP contribution in [-0.2, 0) is 4.79 Å². The van der Waals surface area contributed by atoms with E-state index in [1.54, 1.807) is 7.11 Å². The standard InChI is InChI=1S/C22H29NO3/c1-14(2)18-12-19(16(4)11-21(18)25-6)17(5)23-22(24)13-26-20-10-8-7-9-15(20)3/h7-12,14,17H,13H2,1-6H3,(H,23,24). The fourth-order valence-electron chi connectivity index (χ4n) is 3.03. The Morgan fingerprint density at radius 2 is 1.69 bits per heavy atom. The summed E-state index contributed by atoms with van der Waals surface area (Å²) in [5.41, 5.74) is 4.35. The summed E-state index contributed by atoms with van der Waals surface area (Å²) in [6, 6.07) is 11.7. The van der Waals surface area contributed by atoms with Crippen LogP contribution in [0, 0.1) is 13.8 Å². The van der Waals surface area contributed by atoms with Crippen LogP contribution in [0.3, 0.4) is 0 Å². The molecule has 0 bridgehead atoms. The molecule has 4 nitrogen and oxygen atoms in total. The van der Waals surface area contributed by atoms with Crippen molar-refractivity contribution in [2.24, 2.45) is 0 Å². The molecular weight excluding hydrogens is 326 g/mol. The van der Waals surface area contributed by atoms with Gasteiger partial charge < -0.3 is 14.8 Å². The van der Waals surface area contributed by atoms with Gasteiger partial charge >= 0.3 is 0 Å². The van der Waals surface area contributed by atoms with Crippen LogP contribution in [0.4, 0.5) is 0 Å². The first-order valence-corrected chi connectivity index (χ1v) is 8.99. The molecule has 26 heavy (non-hydrogen) atoms. The Morgan fingerprint density at radius 3 is 2.31 bits per heavy atom. The van der Waals surface area contributed by atoms with Gasteiger partial charge in [-0.1, -0.05) is 32.0 Å². The molecule has 2 aromatic rings. The van der Waals surface area contributed by atoms with Gasteiger partial charge in [-0.3, -0.25) is 4.79 Å². The molecule has 4 heteroatoms. The molecule has 2 aromatic carbocycles. The maximum atomic E-state index is 12.3. The van der Waals surface area contributed by atoms with E-state index in [-0.39, 0.29) is 18.6 Å². The molecule has 0 spiro atoms. The van der Waals surface area contributed by atoms with E-state index in [1.807, 2.05) is 51.1 Å². The minimum atomic E-state index is -0.137. The molecule has 1 unspecified atom stereocenters. The van der Waals surface area contributed by atoms with E-state index < -0.39 is 0 Å². The first kappa shape index (κ1) is 19.8. The molecule has 0 radical (unpaired) electrons. The predicted molar refractivity (Wildman–Crippen MR) is 105 cm³/mol. The number of methoxy groups -OCH3 is 1. The molecular formula is C22H29NO3. The molecule has 1 amide bonds. The highest BCUT2D eigenvalue weighted by molar-refractivity contribution is 5.78. The second kappa shape index (κ2) is 8.75. The maximum Gasteiger partial charge on any atom is 0.258 e. The summed E-state index contributed by atoms with van der Waals surface area (Å²) < 4.78 is 11.1. The van der Waals surface area contributed by atoms with Gasteiger partial charge in [0.05, 0.1) is 13.2 Å². The van der Waals surface area contributed by atoms with Crippen LogP contribution in [-0.4, -0.2) is 19.6 Å². The number of nitrogens with one attached hydrogen (secondary N) is 1. The highest BCUT2D eigenvalue weighted by Crippen LogP contribution is 2.32. The van der Waals surface area contributed by atoms with Gasteiger partial charge in [0.2, 0.25) is 0 Å². The van der Waals surface area contributed by atoms with Crippen molar-refractivity contribution in [2.75, 3.05) is 13.7 Å². The van der Waals surface area contributed by atoms with Gasteiger partial charge in [-0.05, 0) is 67.1 Å². The Kier molecular flexibility index (Phi) is 6.67. The number of amides is 1. The maximum absolute atomic E-state index is 12.3. The number of hydrogen-bond acceptors (Lipinski definition) is 3. The zero-order valence-electron chi connectivity index (χ0n) is 16.6. The smallest absolute Gasteiger partial charge is 0.258 e. The molecule has 0 saturated carbocycles. The van der Waals surface area contributed by atoms with E-state index in [0.29, 0.717) is 5.92 Å². The summed E-state index contributed by atoms with van der Waals surface area (Å²) in [5.74, 6) is 1.83. The van der Waals surface area contributed by atoms with Crippen molar-refractivity contribution in [2.45, 2.75) is 46.6 Å². The molecule has 1 atom stereocenters. The molecule has 1 N–H and O–H groups in total. The number of carbonyl (C=O) groups excluding carboxylic acids is 1. The number of aryl methyl sites for hydroxylation is 2. The fourth-order valence-corrected chi connectivity index (χ4v) is 3.03. The van der Waals surface area contributed by atoms with E-state index in [9.17, 15) is 4.79 Å². The van der Waals surface area contributed by atoms with E-state index in [2.05, 4.69) is 25.2 Å². The molecule has 0 aromatic heterocycles. The highest BCUT2D eigenvalue weighted by atomic mass is 16.5. The lowest BCUT2D eigenvalue weighted by Crippen LogP contribution is -2.31. The zero-order chi connectivity index (χ0) is 19.3. The normalized spacial score (nSPS) is 12.0. The summed E-state index contributed by atoms with van der Waals surface area (Å²) in [6.45, 7) is 10.3. The Morgan fingerprint density at radius 1 is 1.00 bits per heavy atom. The number of rotatable bonds is 7. The highest BCUT2D eigenvalue weighted by Gasteiger charge is 2.17. The molecule has 0 heterocycles. The van der Waals surface area contributed by atoms with E-state index >= 15 is 0 Å². The minimum absolute atomic E-state index is 0.00142. The van der Waals surface area contributed by atoms with Crippen molar-refractivity contribution in [1.82, 2.24) is 5.32 Å².